The van der Waals surface area contributed by atoms with Gasteiger partial charge in [-0.05, 0) is 24.6 Å². The molecule has 0 spiro atoms. The fourth-order valence-corrected chi connectivity index (χ4v) is 1.47. The summed E-state index contributed by atoms with van der Waals surface area (Å²) in [7, 11) is 0. The van der Waals surface area contributed by atoms with E-state index >= 15 is 0 Å². The normalized spacial score (nSPS) is 11.7. The Kier molecular flexibility index (Phi) is 3.99. The van der Waals surface area contributed by atoms with Crippen molar-refractivity contribution in [3.05, 3.63) is 42.2 Å². The summed E-state index contributed by atoms with van der Waals surface area (Å²) in [6.45, 7) is 1.88. The zero-order valence-electron chi connectivity index (χ0n) is 10.4. The predicted molar refractivity (Wildman–Crippen MR) is 71.5 cm³/mol. The summed E-state index contributed by atoms with van der Waals surface area (Å²) in [4.78, 5) is 15.5. The summed E-state index contributed by atoms with van der Waals surface area (Å²) >= 11 is 0. The van der Waals surface area contributed by atoms with Gasteiger partial charge < -0.3 is 11.1 Å². The van der Waals surface area contributed by atoms with Crippen molar-refractivity contribution in [2.24, 2.45) is 5.73 Å². The molecule has 1 atom stereocenters. The van der Waals surface area contributed by atoms with E-state index in [2.05, 4.69) is 25.8 Å². The number of anilines is 2. The average Bonchev–Trinajstić information content (AvgIpc) is 2.40. The molecule has 2 amide bonds. The van der Waals surface area contributed by atoms with Crippen molar-refractivity contribution in [3.63, 3.8) is 0 Å². The number of hydrogen-bond acceptors (Lipinski definition) is 5. The van der Waals surface area contributed by atoms with E-state index in [9.17, 15) is 4.79 Å². The molecule has 4 N–H and O–H groups in total. The van der Waals surface area contributed by atoms with Gasteiger partial charge >= 0.3 is 6.03 Å². The molecule has 0 fully saturated rings. The van der Waals surface area contributed by atoms with E-state index in [0.29, 0.717) is 5.69 Å². The maximum atomic E-state index is 11.7. The van der Waals surface area contributed by atoms with Crippen LogP contribution in [0.5, 0.6) is 0 Å². The highest BCUT2D eigenvalue weighted by Gasteiger charge is 2.06. The van der Waals surface area contributed by atoms with Crippen molar-refractivity contribution in [2.75, 3.05) is 10.6 Å². The fourth-order valence-electron chi connectivity index (χ4n) is 1.47. The van der Waals surface area contributed by atoms with E-state index < -0.39 is 6.03 Å². The van der Waals surface area contributed by atoms with Gasteiger partial charge in [0.25, 0.3) is 5.95 Å². The molecule has 2 rings (SSSR count). The van der Waals surface area contributed by atoms with E-state index in [1.165, 1.54) is 12.4 Å². The maximum absolute atomic E-state index is 11.7. The van der Waals surface area contributed by atoms with Gasteiger partial charge in [0.2, 0.25) is 0 Å². The number of nitrogens with one attached hydrogen (secondary N) is 2. The van der Waals surface area contributed by atoms with Crippen molar-refractivity contribution < 1.29 is 4.79 Å². The Balaban J connectivity index is 2.01. The summed E-state index contributed by atoms with van der Waals surface area (Å²) in [6.07, 6.45) is 2.87. The summed E-state index contributed by atoms with van der Waals surface area (Å²) in [5, 5.41) is 12.4. The van der Waals surface area contributed by atoms with E-state index in [1.54, 1.807) is 6.07 Å². The third kappa shape index (κ3) is 3.71. The summed E-state index contributed by atoms with van der Waals surface area (Å²) in [6, 6.07) is 6.79. The van der Waals surface area contributed by atoms with Gasteiger partial charge in [-0.25, -0.2) is 9.78 Å². The molecule has 7 heteroatoms. The molecule has 2 aromatic rings. The van der Waals surface area contributed by atoms with Crippen LogP contribution in [0.2, 0.25) is 0 Å². The zero-order valence-corrected chi connectivity index (χ0v) is 10.4. The second-order valence-electron chi connectivity index (χ2n) is 3.96. The van der Waals surface area contributed by atoms with Gasteiger partial charge in [-0.3, -0.25) is 5.32 Å². The molecule has 0 aliphatic rings. The molecule has 1 aromatic heterocycles. The van der Waals surface area contributed by atoms with E-state index in [0.717, 1.165) is 5.56 Å². The third-order valence-electron chi connectivity index (χ3n) is 2.38. The molecule has 1 unspecified atom stereocenters. The van der Waals surface area contributed by atoms with Crippen LogP contribution in [0.3, 0.4) is 0 Å². The number of nitrogens with zero attached hydrogens (tertiary/aromatic N) is 3. The number of nitrogens with two attached hydrogens (primary N) is 1. The lowest BCUT2D eigenvalue weighted by molar-refractivity contribution is 0.262. The van der Waals surface area contributed by atoms with Crippen LogP contribution in [0.25, 0.3) is 0 Å². The average molecular weight is 258 g/mol. The molecule has 1 aromatic carbocycles. The molecule has 0 bridgehead atoms. The van der Waals surface area contributed by atoms with Gasteiger partial charge in [0.1, 0.15) is 0 Å². The Morgan fingerprint density at radius 2 is 2.16 bits per heavy atom. The second kappa shape index (κ2) is 5.87. The minimum absolute atomic E-state index is 0.0912. The highest BCUT2D eigenvalue weighted by atomic mass is 16.2. The number of rotatable bonds is 3. The zero-order chi connectivity index (χ0) is 13.7. The molecule has 0 aliphatic heterocycles. The molecule has 19 heavy (non-hydrogen) atoms. The minimum Gasteiger partial charge on any atom is -0.324 e. The Bertz CT molecular complexity index is 557. The van der Waals surface area contributed by atoms with Crippen LogP contribution < -0.4 is 16.4 Å². The SMILES string of the molecule is CC(N)c1cccc(NC(=O)Nc2nccnn2)c1. The van der Waals surface area contributed by atoms with Crippen LogP contribution in [0.15, 0.2) is 36.7 Å². The highest BCUT2D eigenvalue weighted by Crippen LogP contribution is 2.15. The monoisotopic (exact) mass is 258 g/mol. The lowest BCUT2D eigenvalue weighted by Crippen LogP contribution is -2.21. The Morgan fingerprint density at radius 3 is 2.84 bits per heavy atom. The van der Waals surface area contributed by atoms with Crippen LogP contribution in [0.4, 0.5) is 16.4 Å². The number of hydrogen-bond donors (Lipinski definition) is 3. The quantitative estimate of drug-likeness (QED) is 0.774. The minimum atomic E-state index is -0.435. The molecule has 0 saturated heterocycles. The van der Waals surface area contributed by atoms with Gasteiger partial charge in [-0.15, -0.1) is 5.10 Å². The fraction of sp³-hybridized carbons (Fsp3) is 0.167. The molecule has 98 valence electrons. The third-order valence-corrected chi connectivity index (χ3v) is 2.38. The van der Waals surface area contributed by atoms with Crippen LogP contribution in [-0.4, -0.2) is 21.2 Å². The van der Waals surface area contributed by atoms with Gasteiger partial charge in [0.15, 0.2) is 0 Å². The number of benzene rings is 1. The van der Waals surface area contributed by atoms with Crippen LogP contribution >= 0.6 is 0 Å². The van der Waals surface area contributed by atoms with Gasteiger partial charge in [0, 0.05) is 11.7 Å². The lowest BCUT2D eigenvalue weighted by atomic mass is 10.1. The number of carbonyl (C=O) groups is 1. The first-order valence-electron chi connectivity index (χ1n) is 5.72. The van der Waals surface area contributed by atoms with Crippen LogP contribution in [0, 0.1) is 0 Å². The standard InChI is InChI=1S/C12H14N6O/c1-8(13)9-3-2-4-10(7-9)16-12(19)17-11-14-5-6-15-18-11/h2-8H,13H2,1H3,(H2,14,16,17,18,19). The first-order valence-corrected chi connectivity index (χ1v) is 5.72. The Labute approximate surface area is 110 Å². The summed E-state index contributed by atoms with van der Waals surface area (Å²) in [5.41, 5.74) is 7.37. The largest absolute Gasteiger partial charge is 0.326 e. The first kappa shape index (κ1) is 12.9. The molecular weight excluding hydrogens is 244 g/mol. The van der Waals surface area contributed by atoms with Crippen LogP contribution in [0.1, 0.15) is 18.5 Å². The van der Waals surface area contributed by atoms with Crippen molar-refractivity contribution in [1.29, 1.82) is 0 Å². The molecular formula is C12H14N6O. The van der Waals surface area contributed by atoms with Crippen LogP contribution in [-0.2, 0) is 0 Å². The highest BCUT2D eigenvalue weighted by molar-refractivity contribution is 5.98. The second-order valence-corrected chi connectivity index (χ2v) is 3.96. The van der Waals surface area contributed by atoms with Gasteiger partial charge in [-0.1, -0.05) is 12.1 Å². The smallest absolute Gasteiger partial charge is 0.324 e. The molecule has 1 heterocycles. The van der Waals surface area contributed by atoms with E-state index in [4.69, 9.17) is 5.73 Å². The first-order chi connectivity index (χ1) is 9.15. The predicted octanol–water partition coefficient (Wildman–Crippen LogP) is 1.54. The lowest BCUT2D eigenvalue weighted by Gasteiger charge is -2.09. The van der Waals surface area contributed by atoms with E-state index in [-0.39, 0.29) is 12.0 Å². The van der Waals surface area contributed by atoms with Gasteiger partial charge in [-0.2, -0.15) is 5.10 Å². The number of urea groups is 1. The Hall–Kier alpha value is -2.54. The van der Waals surface area contributed by atoms with Crippen molar-refractivity contribution in [3.8, 4) is 0 Å². The number of carbonyl (C=O) groups excluding carboxylic acids is 1. The molecule has 0 radical (unpaired) electrons. The van der Waals surface area contributed by atoms with E-state index in [1.807, 2.05) is 25.1 Å². The summed E-state index contributed by atoms with van der Waals surface area (Å²) in [5.74, 6) is 0.142. The van der Waals surface area contributed by atoms with Crippen molar-refractivity contribution in [2.45, 2.75) is 13.0 Å². The Morgan fingerprint density at radius 1 is 1.32 bits per heavy atom. The van der Waals surface area contributed by atoms with Gasteiger partial charge in [0.05, 0.1) is 12.4 Å². The maximum Gasteiger partial charge on any atom is 0.326 e. The number of aromatic nitrogens is 3. The summed E-state index contributed by atoms with van der Waals surface area (Å²) < 4.78 is 0. The van der Waals surface area contributed by atoms with Crippen molar-refractivity contribution in [1.82, 2.24) is 15.2 Å². The van der Waals surface area contributed by atoms with Crippen molar-refractivity contribution >= 4 is 17.7 Å². The topological polar surface area (TPSA) is 106 Å². The molecule has 7 nitrogen and oxygen atoms in total. The molecule has 0 aliphatic carbocycles. The molecule has 0 saturated carbocycles. The number of amides is 2.